The van der Waals surface area contributed by atoms with E-state index in [1.807, 2.05) is 24.3 Å². The quantitative estimate of drug-likeness (QED) is 0.485. The molecule has 1 amide bonds. The molecule has 6 nitrogen and oxygen atoms in total. The molecule has 0 aromatic heterocycles. The zero-order valence-corrected chi connectivity index (χ0v) is 13.1. The Morgan fingerprint density at radius 3 is 2.57 bits per heavy atom. The minimum atomic E-state index is -0.215. The normalized spacial score (nSPS) is 10.5. The van der Waals surface area contributed by atoms with Gasteiger partial charge in [0.25, 0.3) is 0 Å². The summed E-state index contributed by atoms with van der Waals surface area (Å²) in [6.45, 7) is 0. The van der Waals surface area contributed by atoms with Crippen LogP contribution in [0.3, 0.4) is 0 Å². The molecule has 0 saturated heterocycles. The highest BCUT2D eigenvalue weighted by Gasteiger charge is 2.07. The number of nitrogens with two attached hydrogens (primary N) is 1. The predicted octanol–water partition coefficient (Wildman–Crippen LogP) is 1.98. The largest absolute Gasteiger partial charge is 0.493 e. The Hall–Kier alpha value is -3.02. The molecule has 2 aromatic rings. The first-order valence-electron chi connectivity index (χ1n) is 7.01. The molecule has 0 aliphatic rings. The number of hydrogen-bond donors (Lipinski definition) is 2. The number of nitrogen functional groups attached to an aromatic ring is 1. The molecule has 0 fully saturated rings. The standard InChI is InChI=1S/C17H19N3O3/c1-22-15-5-3-4-13(17(15)23-2)11-19-20-16(21)10-12-6-8-14(18)9-7-12/h3-9,11H,10,18H2,1-2H3,(H,20,21)/b19-11-. The highest BCUT2D eigenvalue weighted by Crippen LogP contribution is 2.29. The van der Waals surface area contributed by atoms with Crippen LogP contribution in [0.2, 0.25) is 0 Å². The molecule has 0 radical (unpaired) electrons. The van der Waals surface area contributed by atoms with E-state index >= 15 is 0 Å². The summed E-state index contributed by atoms with van der Waals surface area (Å²) in [4.78, 5) is 11.9. The molecule has 3 N–H and O–H groups in total. The molecular weight excluding hydrogens is 294 g/mol. The molecule has 0 heterocycles. The Labute approximate surface area is 134 Å². The van der Waals surface area contributed by atoms with E-state index in [0.29, 0.717) is 22.7 Å². The number of para-hydroxylation sites is 1. The van der Waals surface area contributed by atoms with Crippen LogP contribution in [-0.2, 0) is 11.2 Å². The van der Waals surface area contributed by atoms with Gasteiger partial charge in [-0.25, -0.2) is 5.43 Å². The van der Waals surface area contributed by atoms with Crippen LogP contribution in [0.4, 0.5) is 5.69 Å². The molecule has 0 bridgehead atoms. The summed E-state index contributed by atoms with van der Waals surface area (Å²) < 4.78 is 10.5. The number of nitrogens with zero attached hydrogens (tertiary/aromatic N) is 1. The lowest BCUT2D eigenvalue weighted by atomic mass is 10.1. The fourth-order valence-electron chi connectivity index (χ4n) is 2.05. The van der Waals surface area contributed by atoms with Crippen LogP contribution in [0.1, 0.15) is 11.1 Å². The van der Waals surface area contributed by atoms with Crippen LogP contribution in [0.25, 0.3) is 0 Å². The summed E-state index contributed by atoms with van der Waals surface area (Å²) in [5, 5.41) is 3.95. The lowest BCUT2D eigenvalue weighted by Crippen LogP contribution is -2.19. The lowest BCUT2D eigenvalue weighted by Gasteiger charge is -2.09. The van der Waals surface area contributed by atoms with Gasteiger partial charge in [0.15, 0.2) is 11.5 Å². The van der Waals surface area contributed by atoms with Gasteiger partial charge >= 0.3 is 0 Å². The van der Waals surface area contributed by atoms with Gasteiger partial charge in [0.05, 0.1) is 26.9 Å². The monoisotopic (exact) mass is 313 g/mol. The number of nitrogens with one attached hydrogen (secondary N) is 1. The molecule has 23 heavy (non-hydrogen) atoms. The van der Waals surface area contributed by atoms with Gasteiger partial charge in [-0.15, -0.1) is 0 Å². The van der Waals surface area contributed by atoms with Crippen molar-refractivity contribution in [3.63, 3.8) is 0 Å². The van der Waals surface area contributed by atoms with Gasteiger partial charge < -0.3 is 15.2 Å². The van der Waals surface area contributed by atoms with Gasteiger partial charge in [0, 0.05) is 11.3 Å². The summed E-state index contributed by atoms with van der Waals surface area (Å²) in [5.41, 5.74) is 10.3. The number of benzene rings is 2. The Bertz CT molecular complexity index is 697. The van der Waals surface area contributed by atoms with E-state index in [1.54, 1.807) is 32.4 Å². The van der Waals surface area contributed by atoms with E-state index in [9.17, 15) is 4.79 Å². The van der Waals surface area contributed by atoms with Crippen LogP contribution in [0.5, 0.6) is 11.5 Å². The third-order valence-electron chi connectivity index (χ3n) is 3.17. The van der Waals surface area contributed by atoms with Crippen molar-refractivity contribution in [1.82, 2.24) is 5.43 Å². The highest BCUT2D eigenvalue weighted by molar-refractivity contribution is 5.86. The molecule has 0 aliphatic carbocycles. The average molecular weight is 313 g/mol. The van der Waals surface area contributed by atoms with E-state index in [-0.39, 0.29) is 12.3 Å². The number of amides is 1. The third kappa shape index (κ3) is 4.47. The topological polar surface area (TPSA) is 85.9 Å². The van der Waals surface area contributed by atoms with Gasteiger partial charge in [0.1, 0.15) is 0 Å². The Morgan fingerprint density at radius 1 is 1.17 bits per heavy atom. The molecule has 0 spiro atoms. The molecule has 0 unspecified atom stereocenters. The van der Waals surface area contributed by atoms with E-state index < -0.39 is 0 Å². The molecule has 2 rings (SSSR count). The van der Waals surface area contributed by atoms with E-state index in [1.165, 1.54) is 6.21 Å². The van der Waals surface area contributed by atoms with Crippen LogP contribution in [-0.4, -0.2) is 26.3 Å². The first-order valence-corrected chi connectivity index (χ1v) is 7.01. The number of hydrazone groups is 1. The van der Waals surface area contributed by atoms with E-state index in [4.69, 9.17) is 15.2 Å². The summed E-state index contributed by atoms with van der Waals surface area (Å²) >= 11 is 0. The second kappa shape index (κ2) is 7.84. The third-order valence-corrected chi connectivity index (χ3v) is 3.17. The van der Waals surface area contributed by atoms with Crippen LogP contribution in [0.15, 0.2) is 47.6 Å². The molecule has 6 heteroatoms. The molecular formula is C17H19N3O3. The maximum absolute atomic E-state index is 11.9. The van der Waals surface area contributed by atoms with Gasteiger partial charge in [-0.3, -0.25) is 4.79 Å². The van der Waals surface area contributed by atoms with Crippen molar-refractivity contribution >= 4 is 17.8 Å². The van der Waals surface area contributed by atoms with Crippen molar-refractivity contribution in [2.75, 3.05) is 20.0 Å². The predicted molar refractivity (Wildman–Crippen MR) is 89.8 cm³/mol. The Balaban J connectivity index is 1.98. The fraction of sp³-hybridized carbons (Fsp3) is 0.176. The van der Waals surface area contributed by atoms with Crippen molar-refractivity contribution in [2.45, 2.75) is 6.42 Å². The van der Waals surface area contributed by atoms with Crippen molar-refractivity contribution in [1.29, 1.82) is 0 Å². The van der Waals surface area contributed by atoms with Gasteiger partial charge in [-0.05, 0) is 29.8 Å². The second-order valence-corrected chi connectivity index (χ2v) is 4.79. The minimum Gasteiger partial charge on any atom is -0.493 e. The first kappa shape index (κ1) is 16.4. The summed E-state index contributed by atoms with van der Waals surface area (Å²) in [6.07, 6.45) is 1.75. The number of carbonyl (C=O) groups excluding carboxylic acids is 1. The average Bonchev–Trinajstić information content (AvgIpc) is 2.56. The number of carbonyl (C=O) groups is 1. The van der Waals surface area contributed by atoms with Crippen molar-refractivity contribution in [3.8, 4) is 11.5 Å². The molecule has 0 saturated carbocycles. The SMILES string of the molecule is COc1cccc(/C=N\NC(=O)Cc2ccc(N)cc2)c1OC. The number of methoxy groups -OCH3 is 2. The van der Waals surface area contributed by atoms with Gasteiger partial charge in [-0.2, -0.15) is 5.10 Å². The highest BCUT2D eigenvalue weighted by atomic mass is 16.5. The molecule has 2 aromatic carbocycles. The molecule has 0 atom stereocenters. The summed E-state index contributed by atoms with van der Waals surface area (Å²) in [6, 6.07) is 12.6. The summed E-state index contributed by atoms with van der Waals surface area (Å²) in [5.74, 6) is 0.948. The lowest BCUT2D eigenvalue weighted by molar-refractivity contribution is -0.120. The van der Waals surface area contributed by atoms with Gasteiger partial charge in [0.2, 0.25) is 5.91 Å². The maximum Gasteiger partial charge on any atom is 0.244 e. The molecule has 0 aliphatic heterocycles. The van der Waals surface area contributed by atoms with E-state index in [0.717, 1.165) is 5.56 Å². The number of anilines is 1. The number of hydrogen-bond acceptors (Lipinski definition) is 5. The number of ether oxygens (including phenoxy) is 2. The van der Waals surface area contributed by atoms with Gasteiger partial charge in [-0.1, -0.05) is 18.2 Å². The zero-order valence-electron chi connectivity index (χ0n) is 13.1. The smallest absolute Gasteiger partial charge is 0.244 e. The summed E-state index contributed by atoms with van der Waals surface area (Å²) in [7, 11) is 3.11. The van der Waals surface area contributed by atoms with Crippen LogP contribution < -0.4 is 20.6 Å². The zero-order chi connectivity index (χ0) is 16.7. The maximum atomic E-state index is 11.9. The van der Waals surface area contributed by atoms with E-state index in [2.05, 4.69) is 10.5 Å². The second-order valence-electron chi connectivity index (χ2n) is 4.79. The molecule has 120 valence electrons. The van der Waals surface area contributed by atoms with Crippen molar-refractivity contribution < 1.29 is 14.3 Å². The van der Waals surface area contributed by atoms with Crippen molar-refractivity contribution in [2.24, 2.45) is 5.10 Å². The Kier molecular flexibility index (Phi) is 5.57. The first-order chi connectivity index (χ1) is 11.1. The fourth-order valence-corrected chi connectivity index (χ4v) is 2.05. The van der Waals surface area contributed by atoms with Crippen LogP contribution in [0, 0.1) is 0 Å². The minimum absolute atomic E-state index is 0.215. The number of rotatable bonds is 6. The Morgan fingerprint density at radius 2 is 1.91 bits per heavy atom. The van der Waals surface area contributed by atoms with Crippen LogP contribution >= 0.6 is 0 Å². The van der Waals surface area contributed by atoms with Crippen molar-refractivity contribution in [3.05, 3.63) is 53.6 Å².